The van der Waals surface area contributed by atoms with Gasteiger partial charge in [-0.3, -0.25) is 4.68 Å². The van der Waals surface area contributed by atoms with Crippen LogP contribution in [0.5, 0.6) is 5.75 Å². The Balaban J connectivity index is 2.16. The fraction of sp³-hybridized carbons (Fsp3) is 0.357. The van der Waals surface area contributed by atoms with Gasteiger partial charge in [-0.1, -0.05) is 24.3 Å². The van der Waals surface area contributed by atoms with E-state index in [0.29, 0.717) is 13.2 Å². The van der Waals surface area contributed by atoms with Crippen molar-refractivity contribution in [2.24, 2.45) is 12.8 Å². The number of nitrogens with zero attached hydrogens (tertiary/aromatic N) is 2. The number of hydrogen-bond acceptors (Lipinski definition) is 3. The molecule has 2 N–H and O–H groups in total. The molecule has 1 aromatic carbocycles. The first-order valence-electron chi connectivity index (χ1n) is 6.03. The van der Waals surface area contributed by atoms with E-state index in [9.17, 15) is 0 Å². The average Bonchev–Trinajstić information content (AvgIpc) is 2.62. The third kappa shape index (κ3) is 2.38. The van der Waals surface area contributed by atoms with Crippen molar-refractivity contribution in [3.8, 4) is 5.75 Å². The van der Waals surface area contributed by atoms with Gasteiger partial charge in [-0.05, 0) is 25.0 Å². The average molecular weight is 245 g/mol. The van der Waals surface area contributed by atoms with E-state index in [1.165, 1.54) is 0 Å². The Morgan fingerprint density at radius 3 is 2.44 bits per heavy atom. The standard InChI is InChI=1S/C14H19N3O/c1-10-14(11(2)17(3)16-10)18-9-13-7-5-4-6-12(13)8-15/h4-7H,8-9,15H2,1-3H3. The minimum Gasteiger partial charge on any atom is -0.485 e. The fourth-order valence-corrected chi connectivity index (χ4v) is 2.01. The van der Waals surface area contributed by atoms with E-state index >= 15 is 0 Å². The second kappa shape index (κ2) is 5.23. The summed E-state index contributed by atoms with van der Waals surface area (Å²) in [5.41, 5.74) is 9.92. The minimum atomic E-state index is 0.529. The van der Waals surface area contributed by atoms with Gasteiger partial charge in [0.25, 0.3) is 0 Å². The van der Waals surface area contributed by atoms with Crippen LogP contribution in [-0.4, -0.2) is 9.78 Å². The summed E-state index contributed by atoms with van der Waals surface area (Å²) in [5.74, 6) is 0.865. The fourth-order valence-electron chi connectivity index (χ4n) is 2.01. The van der Waals surface area contributed by atoms with Gasteiger partial charge in [0.05, 0.1) is 5.69 Å². The summed E-state index contributed by atoms with van der Waals surface area (Å²) in [6.07, 6.45) is 0. The lowest BCUT2D eigenvalue weighted by atomic mass is 10.1. The molecule has 0 spiro atoms. The van der Waals surface area contributed by atoms with Gasteiger partial charge in [-0.25, -0.2) is 0 Å². The van der Waals surface area contributed by atoms with Crippen molar-refractivity contribution >= 4 is 0 Å². The van der Waals surface area contributed by atoms with Crippen LogP contribution in [0, 0.1) is 13.8 Å². The summed E-state index contributed by atoms with van der Waals surface area (Å²) in [5, 5.41) is 4.33. The number of aryl methyl sites for hydroxylation is 2. The van der Waals surface area contributed by atoms with E-state index in [-0.39, 0.29) is 0 Å². The molecule has 2 aromatic rings. The van der Waals surface area contributed by atoms with Crippen LogP contribution in [0.4, 0.5) is 0 Å². The van der Waals surface area contributed by atoms with Gasteiger partial charge in [0, 0.05) is 13.6 Å². The van der Waals surface area contributed by atoms with Crippen molar-refractivity contribution < 1.29 is 4.74 Å². The van der Waals surface area contributed by atoms with Crippen molar-refractivity contribution in [3.63, 3.8) is 0 Å². The van der Waals surface area contributed by atoms with Gasteiger partial charge in [-0.2, -0.15) is 5.10 Å². The summed E-state index contributed by atoms with van der Waals surface area (Å²) >= 11 is 0. The minimum absolute atomic E-state index is 0.529. The Bertz CT molecular complexity index is 546. The van der Waals surface area contributed by atoms with Crippen LogP contribution in [0.15, 0.2) is 24.3 Å². The number of hydrogen-bond donors (Lipinski definition) is 1. The molecule has 0 bridgehead atoms. The predicted molar refractivity (Wildman–Crippen MR) is 71.3 cm³/mol. The highest BCUT2D eigenvalue weighted by atomic mass is 16.5. The maximum Gasteiger partial charge on any atom is 0.163 e. The van der Waals surface area contributed by atoms with E-state index in [1.807, 2.05) is 49.8 Å². The Labute approximate surface area is 107 Å². The third-order valence-electron chi connectivity index (χ3n) is 3.15. The lowest BCUT2D eigenvalue weighted by Crippen LogP contribution is -2.05. The quantitative estimate of drug-likeness (QED) is 0.897. The summed E-state index contributed by atoms with van der Waals surface area (Å²) in [4.78, 5) is 0. The molecule has 4 heteroatoms. The zero-order chi connectivity index (χ0) is 13.1. The lowest BCUT2D eigenvalue weighted by Gasteiger charge is -2.10. The molecular weight excluding hydrogens is 226 g/mol. The molecule has 0 unspecified atom stereocenters. The second-order valence-corrected chi connectivity index (χ2v) is 4.39. The van der Waals surface area contributed by atoms with Crippen molar-refractivity contribution in [1.29, 1.82) is 0 Å². The third-order valence-corrected chi connectivity index (χ3v) is 3.15. The van der Waals surface area contributed by atoms with Gasteiger partial charge < -0.3 is 10.5 Å². The molecule has 18 heavy (non-hydrogen) atoms. The van der Waals surface area contributed by atoms with Crippen molar-refractivity contribution in [3.05, 3.63) is 46.8 Å². The molecule has 2 rings (SSSR count). The van der Waals surface area contributed by atoms with Crippen LogP contribution in [0.25, 0.3) is 0 Å². The van der Waals surface area contributed by atoms with Gasteiger partial charge in [0.1, 0.15) is 12.3 Å². The van der Waals surface area contributed by atoms with E-state index in [1.54, 1.807) is 0 Å². The Morgan fingerprint density at radius 1 is 1.22 bits per heavy atom. The molecule has 0 radical (unpaired) electrons. The SMILES string of the molecule is Cc1nn(C)c(C)c1OCc1ccccc1CN. The molecule has 0 saturated heterocycles. The first-order valence-corrected chi connectivity index (χ1v) is 6.03. The Kier molecular flexibility index (Phi) is 3.67. The summed E-state index contributed by atoms with van der Waals surface area (Å²) in [6.45, 7) is 5.02. The monoisotopic (exact) mass is 245 g/mol. The Hall–Kier alpha value is -1.81. The number of aromatic nitrogens is 2. The highest BCUT2D eigenvalue weighted by molar-refractivity contribution is 5.33. The normalized spacial score (nSPS) is 10.7. The molecule has 0 fully saturated rings. The molecule has 0 saturated carbocycles. The molecule has 96 valence electrons. The van der Waals surface area contributed by atoms with Gasteiger partial charge >= 0.3 is 0 Å². The highest BCUT2D eigenvalue weighted by Gasteiger charge is 2.11. The number of benzene rings is 1. The van der Waals surface area contributed by atoms with Crippen molar-refractivity contribution in [2.75, 3.05) is 0 Å². The molecule has 0 aliphatic rings. The zero-order valence-electron chi connectivity index (χ0n) is 11.1. The van der Waals surface area contributed by atoms with Gasteiger partial charge in [0.2, 0.25) is 0 Å². The van der Waals surface area contributed by atoms with Crippen molar-refractivity contribution in [1.82, 2.24) is 9.78 Å². The van der Waals surface area contributed by atoms with E-state index in [0.717, 1.165) is 28.3 Å². The molecule has 4 nitrogen and oxygen atoms in total. The maximum atomic E-state index is 5.88. The number of nitrogens with two attached hydrogens (primary N) is 1. The summed E-state index contributed by atoms with van der Waals surface area (Å²) in [7, 11) is 1.92. The molecule has 0 aliphatic carbocycles. The second-order valence-electron chi connectivity index (χ2n) is 4.39. The predicted octanol–water partition coefficient (Wildman–Crippen LogP) is 2.07. The molecule has 1 aromatic heterocycles. The smallest absolute Gasteiger partial charge is 0.163 e. The highest BCUT2D eigenvalue weighted by Crippen LogP contribution is 2.23. The van der Waals surface area contributed by atoms with E-state index in [4.69, 9.17) is 10.5 Å². The van der Waals surface area contributed by atoms with Crippen LogP contribution in [0.3, 0.4) is 0 Å². The van der Waals surface area contributed by atoms with E-state index in [2.05, 4.69) is 5.10 Å². The molecule has 0 aliphatic heterocycles. The van der Waals surface area contributed by atoms with Gasteiger partial charge in [0.15, 0.2) is 5.75 Å². The molecular formula is C14H19N3O. The number of ether oxygens (including phenoxy) is 1. The van der Waals surface area contributed by atoms with Crippen LogP contribution in [-0.2, 0) is 20.2 Å². The summed E-state index contributed by atoms with van der Waals surface area (Å²) < 4.78 is 7.71. The van der Waals surface area contributed by atoms with Gasteiger partial charge in [-0.15, -0.1) is 0 Å². The van der Waals surface area contributed by atoms with Crippen molar-refractivity contribution in [2.45, 2.75) is 27.0 Å². The lowest BCUT2D eigenvalue weighted by molar-refractivity contribution is 0.300. The molecule has 0 atom stereocenters. The van der Waals surface area contributed by atoms with Crippen LogP contribution < -0.4 is 10.5 Å². The number of rotatable bonds is 4. The first-order chi connectivity index (χ1) is 8.63. The van der Waals surface area contributed by atoms with E-state index < -0.39 is 0 Å². The van der Waals surface area contributed by atoms with Crippen LogP contribution in [0.1, 0.15) is 22.5 Å². The Morgan fingerprint density at radius 2 is 1.89 bits per heavy atom. The maximum absolute atomic E-state index is 5.88. The zero-order valence-corrected chi connectivity index (χ0v) is 11.1. The summed E-state index contributed by atoms with van der Waals surface area (Å²) in [6, 6.07) is 8.07. The topological polar surface area (TPSA) is 53.1 Å². The van der Waals surface area contributed by atoms with Crippen LogP contribution >= 0.6 is 0 Å². The largest absolute Gasteiger partial charge is 0.485 e. The molecule has 0 amide bonds. The molecule has 1 heterocycles. The van der Waals surface area contributed by atoms with Crippen LogP contribution in [0.2, 0.25) is 0 Å². The first kappa shape index (κ1) is 12.6.